The summed E-state index contributed by atoms with van der Waals surface area (Å²) >= 11 is 0. The van der Waals surface area contributed by atoms with Crippen LogP contribution in [0, 0.1) is 27.7 Å². The van der Waals surface area contributed by atoms with Gasteiger partial charge in [-0.2, -0.15) is 28.3 Å². The molecule has 0 unspecified atom stereocenters. The maximum atomic E-state index is 2.24. The van der Waals surface area contributed by atoms with Crippen molar-refractivity contribution in [3.63, 3.8) is 0 Å². The zero-order valence-electron chi connectivity index (χ0n) is 18.7. The Morgan fingerprint density at radius 2 is 1.17 bits per heavy atom. The second-order valence-corrected chi connectivity index (χ2v) is 7.96. The van der Waals surface area contributed by atoms with E-state index in [1.54, 1.807) is 0 Å². The van der Waals surface area contributed by atoms with Gasteiger partial charge in [0.05, 0.1) is 0 Å². The largest absolute Gasteiger partial charge is 4.00 e. The van der Waals surface area contributed by atoms with Gasteiger partial charge in [0.15, 0.2) is 0 Å². The molecule has 0 aliphatic carbocycles. The molecule has 30 heavy (non-hydrogen) atoms. The Labute approximate surface area is 216 Å². The molecule has 4 heteroatoms. The third-order valence-corrected chi connectivity index (χ3v) is 4.94. The molecule has 0 fully saturated rings. The van der Waals surface area contributed by atoms with Crippen LogP contribution in [0.5, 0.6) is 0 Å². The van der Waals surface area contributed by atoms with E-state index in [9.17, 15) is 0 Å². The summed E-state index contributed by atoms with van der Waals surface area (Å²) in [7, 11) is 1.08. The summed E-state index contributed by atoms with van der Waals surface area (Å²) in [6.45, 7) is 13.0. The van der Waals surface area contributed by atoms with Gasteiger partial charge in [-0.25, -0.2) is 0 Å². The number of benzene rings is 2. The molecule has 0 nitrogen and oxygen atoms in total. The van der Waals surface area contributed by atoms with E-state index < -0.39 is 0 Å². The van der Waals surface area contributed by atoms with Crippen LogP contribution in [0.4, 0.5) is 0 Å². The third-order valence-electron chi connectivity index (χ3n) is 4.94. The van der Waals surface area contributed by atoms with Gasteiger partial charge in [0.2, 0.25) is 0 Å². The maximum absolute atomic E-state index is 2.24. The predicted octanol–water partition coefficient (Wildman–Crippen LogP) is 1.66. The molecule has 0 N–H and O–H groups in total. The van der Waals surface area contributed by atoms with Crippen molar-refractivity contribution in [2.75, 3.05) is 0 Å². The minimum Gasteiger partial charge on any atom is -1.00 e. The van der Waals surface area contributed by atoms with Crippen LogP contribution in [0.15, 0.2) is 72.8 Å². The number of fused-ring (bicyclic) bond motifs is 1. The van der Waals surface area contributed by atoms with E-state index in [0.717, 1.165) is 9.52 Å². The first kappa shape index (κ1) is 31.3. The normalized spacial score (nSPS) is 9.00. The summed E-state index contributed by atoms with van der Waals surface area (Å²) in [5, 5.41) is 2.65. The molecule has 0 aromatic heterocycles. The van der Waals surface area contributed by atoms with E-state index in [1.165, 1.54) is 44.2 Å². The molecule has 0 bridgehead atoms. The van der Waals surface area contributed by atoms with Crippen LogP contribution in [0.3, 0.4) is 0 Å². The Hall–Kier alpha value is -0.933. The van der Waals surface area contributed by atoms with Gasteiger partial charge in [-0.3, -0.25) is 0 Å². The van der Waals surface area contributed by atoms with Gasteiger partial charge in [0.1, 0.15) is 0 Å². The minimum atomic E-state index is 0. The predicted molar refractivity (Wildman–Crippen MR) is 123 cm³/mol. The summed E-state index contributed by atoms with van der Waals surface area (Å²) in [4.78, 5) is 0. The van der Waals surface area contributed by atoms with Gasteiger partial charge in [0, 0.05) is 9.52 Å². The third kappa shape index (κ3) is 8.30. The van der Waals surface area contributed by atoms with Crippen molar-refractivity contribution < 1.29 is 50.7 Å². The van der Waals surface area contributed by atoms with Crippen LogP contribution in [-0.2, 0) is 25.8 Å². The summed E-state index contributed by atoms with van der Waals surface area (Å²) in [6, 6.07) is 25.6. The first-order chi connectivity index (χ1) is 13.0. The van der Waals surface area contributed by atoms with E-state index >= 15 is 0 Å². The topological polar surface area (TPSA) is 0 Å². The zero-order chi connectivity index (χ0) is 19.8. The summed E-state index contributed by atoms with van der Waals surface area (Å²) in [6.07, 6.45) is 0. The number of rotatable bonds is 1. The average molecular weight is 620 g/mol. The van der Waals surface area contributed by atoms with Crippen LogP contribution in [-0.4, -0.2) is 9.52 Å². The monoisotopic (exact) mass is 620 g/mol. The van der Waals surface area contributed by atoms with Crippen molar-refractivity contribution in [2.45, 2.75) is 40.8 Å². The molecular formula is C26H30Cl2HfSi. The fourth-order valence-electron chi connectivity index (χ4n) is 3.15. The molecule has 0 saturated carbocycles. The van der Waals surface area contributed by atoms with Gasteiger partial charge in [-0.15, -0.1) is 46.7 Å². The van der Waals surface area contributed by atoms with Crippen LogP contribution in [0.2, 0.25) is 13.1 Å². The second-order valence-electron chi connectivity index (χ2n) is 6.96. The molecule has 2 radical (unpaired) electrons. The second kappa shape index (κ2) is 15.8. The fourth-order valence-corrected chi connectivity index (χ4v) is 3.15. The van der Waals surface area contributed by atoms with Gasteiger partial charge >= 0.3 is 25.8 Å². The Morgan fingerprint density at radius 3 is 1.63 bits per heavy atom. The maximum Gasteiger partial charge on any atom is 4.00 e. The van der Waals surface area contributed by atoms with Crippen LogP contribution in [0.1, 0.15) is 22.3 Å². The zero-order valence-corrected chi connectivity index (χ0v) is 24.8. The number of halogens is 2. The molecule has 0 heterocycles. The smallest absolute Gasteiger partial charge is 1.00 e. The van der Waals surface area contributed by atoms with Crippen molar-refractivity contribution >= 4 is 20.3 Å². The number of hydrogen-bond acceptors (Lipinski definition) is 0. The van der Waals surface area contributed by atoms with Crippen molar-refractivity contribution in [3.05, 3.63) is 95.1 Å². The quantitative estimate of drug-likeness (QED) is 0.225. The summed E-state index contributed by atoms with van der Waals surface area (Å²) < 4.78 is 0. The summed E-state index contributed by atoms with van der Waals surface area (Å²) in [5.74, 6) is 0. The Morgan fingerprint density at radius 1 is 0.700 bits per heavy atom. The van der Waals surface area contributed by atoms with E-state index in [-0.39, 0.29) is 50.7 Å². The van der Waals surface area contributed by atoms with Crippen LogP contribution >= 0.6 is 0 Å². The molecular weight excluding hydrogens is 590 g/mol. The van der Waals surface area contributed by atoms with Crippen molar-refractivity contribution in [3.8, 4) is 11.1 Å². The Bertz CT molecular complexity index is 949. The first-order valence-corrected chi connectivity index (χ1v) is 11.5. The standard InChI is InChI=1S/C15H11.C9H13.C2H6Si.2ClH.Hf/c1-2-6-12(7-3-1)15-11-10-13-8-4-5-9-14(13)15;1-6-5-7(2)9(4)8(6)3;1-3-2;;;/h1-11H;5H,1-4H3;1-2H3;2*1H;/q2*-1;;;;+4/p-2. The average Bonchev–Trinajstić information content (AvgIpc) is 3.21. The molecule has 0 aliphatic heterocycles. The van der Waals surface area contributed by atoms with E-state index in [1.807, 2.05) is 0 Å². The van der Waals surface area contributed by atoms with Crippen LogP contribution in [0.25, 0.3) is 21.9 Å². The summed E-state index contributed by atoms with van der Waals surface area (Å²) in [5.41, 5.74) is 8.36. The van der Waals surface area contributed by atoms with E-state index in [2.05, 4.69) is 114 Å². The van der Waals surface area contributed by atoms with Crippen molar-refractivity contribution in [1.82, 2.24) is 0 Å². The van der Waals surface area contributed by atoms with Crippen molar-refractivity contribution in [1.29, 1.82) is 0 Å². The number of hydrogen-bond donors (Lipinski definition) is 0. The Balaban J connectivity index is 0. The van der Waals surface area contributed by atoms with Gasteiger partial charge in [-0.1, -0.05) is 82.8 Å². The van der Waals surface area contributed by atoms with Gasteiger partial charge in [-0.05, 0) is 0 Å². The van der Waals surface area contributed by atoms with E-state index in [4.69, 9.17) is 0 Å². The van der Waals surface area contributed by atoms with Crippen molar-refractivity contribution in [2.24, 2.45) is 0 Å². The van der Waals surface area contributed by atoms with Gasteiger partial charge < -0.3 is 24.8 Å². The van der Waals surface area contributed by atoms with Gasteiger partial charge in [0.25, 0.3) is 0 Å². The minimum absolute atomic E-state index is 0. The first-order valence-electron chi connectivity index (χ1n) is 9.48. The molecule has 0 aliphatic rings. The molecule has 156 valence electrons. The van der Waals surface area contributed by atoms with Crippen LogP contribution < -0.4 is 24.8 Å². The molecule has 0 atom stereocenters. The molecule has 4 rings (SSSR count). The molecule has 0 saturated heterocycles. The van der Waals surface area contributed by atoms with E-state index in [0.29, 0.717) is 0 Å². The Kier molecular flexibility index (Phi) is 16.5. The fraction of sp³-hybridized carbons (Fsp3) is 0.231. The molecule has 0 amide bonds. The molecule has 4 aromatic rings. The number of aryl methyl sites for hydroxylation is 2. The molecule has 0 spiro atoms. The SMILES string of the molecule is C[Si]C.Cc1[cH-]c(C)c(C)c1C.[Cl-].[Cl-].[Hf+4].c1ccc(-c2c[cH-]c3ccccc23)cc1. The molecule has 4 aromatic carbocycles.